The summed E-state index contributed by atoms with van der Waals surface area (Å²) >= 11 is 0. The zero-order valence-electron chi connectivity index (χ0n) is 17.9. The molecule has 10 heteroatoms. The van der Waals surface area contributed by atoms with Gasteiger partial charge in [0.2, 0.25) is 0 Å². The fourth-order valence-electron chi connectivity index (χ4n) is 3.18. The minimum Gasteiger partial charge on any atom is -0.478 e. The number of carboxylic acids is 2. The largest absolute Gasteiger partial charge is 0.478 e. The first kappa shape index (κ1) is 24.8. The minimum absolute atomic E-state index is 0.0529. The van der Waals surface area contributed by atoms with E-state index in [4.69, 9.17) is 9.47 Å². The van der Waals surface area contributed by atoms with Gasteiger partial charge in [-0.25, -0.2) is 9.59 Å². The highest BCUT2D eigenvalue weighted by Gasteiger charge is 2.25. The number of ether oxygens (including phenoxy) is 2. The number of carbonyl (C=O) groups excluding carboxylic acids is 2. The molecule has 32 heavy (non-hydrogen) atoms. The Morgan fingerprint density at radius 3 is 1.34 bits per heavy atom. The topological polar surface area (TPSA) is 151 Å². The molecule has 0 fully saturated rings. The van der Waals surface area contributed by atoms with Crippen LogP contribution in [0.1, 0.15) is 55.3 Å². The normalized spacial score (nSPS) is 10.7. The minimum atomic E-state index is -1.36. The van der Waals surface area contributed by atoms with Gasteiger partial charge < -0.3 is 30.3 Å². The molecule has 0 radical (unpaired) electrons. The van der Waals surface area contributed by atoms with Gasteiger partial charge >= 0.3 is 11.9 Å². The maximum Gasteiger partial charge on any atom is 0.336 e. The van der Waals surface area contributed by atoms with Crippen molar-refractivity contribution in [1.82, 2.24) is 10.6 Å². The second kappa shape index (κ2) is 11.8. The Morgan fingerprint density at radius 2 is 1.03 bits per heavy atom. The van der Waals surface area contributed by atoms with Crippen LogP contribution in [-0.2, 0) is 9.47 Å². The van der Waals surface area contributed by atoms with Crippen LogP contribution in [0.25, 0.3) is 10.8 Å². The van der Waals surface area contributed by atoms with E-state index in [1.165, 1.54) is 12.1 Å². The predicted molar refractivity (Wildman–Crippen MR) is 116 cm³/mol. The van der Waals surface area contributed by atoms with E-state index in [1.54, 1.807) is 13.8 Å². The molecule has 0 aliphatic rings. The summed E-state index contributed by atoms with van der Waals surface area (Å²) in [6.45, 7) is 5.41. The Morgan fingerprint density at radius 1 is 0.688 bits per heavy atom. The number of fused-ring (bicyclic) bond motifs is 1. The lowest BCUT2D eigenvalue weighted by Gasteiger charge is -2.16. The lowest BCUT2D eigenvalue weighted by Crippen LogP contribution is -2.29. The standard InChI is InChI=1S/C22H26N2O8/c1-3-31-11-9-23-19(25)13-5-6-14(20(26)24-10-12-32-4-2)18-16(22(29)30)8-7-15(17(13)18)21(27)28/h5-8H,3-4,9-12H2,1-2H3,(H,23,25)(H,24,26)(H,27,28)(H,29,30). The third kappa shape index (κ3) is 5.80. The number of aromatic carboxylic acids is 2. The Balaban J connectivity index is 2.63. The number of carboxylic acid groups (broad SMARTS) is 2. The van der Waals surface area contributed by atoms with Crippen molar-refractivity contribution in [3.63, 3.8) is 0 Å². The van der Waals surface area contributed by atoms with E-state index in [0.717, 1.165) is 12.1 Å². The molecule has 2 amide bonds. The first-order valence-corrected chi connectivity index (χ1v) is 10.1. The maximum absolute atomic E-state index is 12.8. The van der Waals surface area contributed by atoms with Gasteiger partial charge in [0.05, 0.1) is 24.3 Å². The van der Waals surface area contributed by atoms with E-state index >= 15 is 0 Å². The van der Waals surface area contributed by atoms with Gasteiger partial charge in [-0.2, -0.15) is 0 Å². The van der Waals surface area contributed by atoms with Crippen molar-refractivity contribution in [2.75, 3.05) is 39.5 Å². The highest BCUT2D eigenvalue weighted by atomic mass is 16.5. The van der Waals surface area contributed by atoms with Crippen LogP contribution in [0.2, 0.25) is 0 Å². The number of rotatable bonds is 12. The molecule has 0 unspecified atom stereocenters. The zero-order chi connectivity index (χ0) is 23.7. The Labute approximate surface area is 184 Å². The first-order chi connectivity index (χ1) is 15.3. The van der Waals surface area contributed by atoms with Crippen LogP contribution < -0.4 is 10.6 Å². The van der Waals surface area contributed by atoms with Crippen LogP contribution in [0, 0.1) is 0 Å². The van der Waals surface area contributed by atoms with Crippen molar-refractivity contribution in [2.45, 2.75) is 13.8 Å². The van der Waals surface area contributed by atoms with E-state index in [2.05, 4.69) is 10.6 Å². The smallest absolute Gasteiger partial charge is 0.336 e. The van der Waals surface area contributed by atoms with Crippen LogP contribution in [0.3, 0.4) is 0 Å². The highest BCUT2D eigenvalue weighted by molar-refractivity contribution is 6.23. The molecular formula is C22H26N2O8. The van der Waals surface area contributed by atoms with Gasteiger partial charge in [0, 0.05) is 48.2 Å². The SMILES string of the molecule is CCOCCNC(=O)c1ccc(C(=O)NCCOCC)c2c(C(=O)O)ccc(C(=O)O)c12. The van der Waals surface area contributed by atoms with Crippen LogP contribution in [0.15, 0.2) is 24.3 Å². The van der Waals surface area contributed by atoms with Crippen molar-refractivity contribution in [3.05, 3.63) is 46.5 Å². The van der Waals surface area contributed by atoms with Crippen molar-refractivity contribution < 1.29 is 38.9 Å². The molecule has 0 aliphatic heterocycles. The predicted octanol–water partition coefficient (Wildman–Crippen LogP) is 1.77. The lowest BCUT2D eigenvalue weighted by molar-refractivity contribution is 0.0684. The van der Waals surface area contributed by atoms with Crippen molar-refractivity contribution in [1.29, 1.82) is 0 Å². The average molecular weight is 446 g/mol. The lowest BCUT2D eigenvalue weighted by atomic mass is 9.91. The fraction of sp³-hybridized carbons (Fsp3) is 0.364. The van der Waals surface area contributed by atoms with Gasteiger partial charge in [0.25, 0.3) is 11.8 Å². The monoisotopic (exact) mass is 446 g/mol. The second-order valence-electron chi connectivity index (χ2n) is 6.59. The summed E-state index contributed by atoms with van der Waals surface area (Å²) in [4.78, 5) is 49.3. The van der Waals surface area contributed by atoms with Gasteiger partial charge in [-0.05, 0) is 38.1 Å². The van der Waals surface area contributed by atoms with E-state index in [-0.39, 0.29) is 59.3 Å². The van der Waals surface area contributed by atoms with Crippen molar-refractivity contribution in [2.24, 2.45) is 0 Å². The number of hydrogen-bond acceptors (Lipinski definition) is 6. The summed E-state index contributed by atoms with van der Waals surface area (Å²) in [6, 6.07) is 4.85. The molecule has 0 aromatic heterocycles. The third-order valence-corrected chi connectivity index (χ3v) is 4.58. The fourth-order valence-corrected chi connectivity index (χ4v) is 3.18. The zero-order valence-corrected chi connectivity index (χ0v) is 17.9. The van der Waals surface area contributed by atoms with Crippen LogP contribution >= 0.6 is 0 Å². The molecule has 0 aliphatic carbocycles. The summed E-state index contributed by atoms with van der Waals surface area (Å²) in [7, 11) is 0. The maximum atomic E-state index is 12.8. The molecule has 10 nitrogen and oxygen atoms in total. The quantitative estimate of drug-likeness (QED) is 0.360. The second-order valence-corrected chi connectivity index (χ2v) is 6.59. The summed E-state index contributed by atoms with van der Waals surface area (Å²) < 4.78 is 10.4. The number of hydrogen-bond donors (Lipinski definition) is 4. The van der Waals surface area contributed by atoms with Crippen molar-refractivity contribution in [3.8, 4) is 0 Å². The summed E-state index contributed by atoms with van der Waals surface area (Å²) in [5.74, 6) is -3.93. The van der Waals surface area contributed by atoms with Crippen LogP contribution in [-0.4, -0.2) is 73.5 Å². The average Bonchev–Trinajstić information content (AvgIpc) is 2.77. The van der Waals surface area contributed by atoms with Gasteiger partial charge in [0.1, 0.15) is 0 Å². The summed E-state index contributed by atoms with van der Waals surface area (Å²) in [5.41, 5.74) is -0.682. The van der Waals surface area contributed by atoms with E-state index in [9.17, 15) is 29.4 Å². The number of carbonyl (C=O) groups is 4. The Kier molecular flexibility index (Phi) is 9.11. The molecule has 2 aromatic rings. The molecule has 2 aromatic carbocycles. The van der Waals surface area contributed by atoms with Crippen LogP contribution in [0.5, 0.6) is 0 Å². The molecule has 0 saturated heterocycles. The molecule has 0 heterocycles. The summed E-state index contributed by atoms with van der Waals surface area (Å²) in [5, 5.41) is 24.3. The van der Waals surface area contributed by atoms with Gasteiger partial charge in [-0.15, -0.1) is 0 Å². The molecule has 0 saturated carbocycles. The summed E-state index contributed by atoms with van der Waals surface area (Å²) in [6.07, 6.45) is 0. The van der Waals surface area contributed by atoms with Gasteiger partial charge in [0.15, 0.2) is 0 Å². The van der Waals surface area contributed by atoms with E-state index in [0.29, 0.717) is 13.2 Å². The third-order valence-electron chi connectivity index (χ3n) is 4.58. The Bertz CT molecular complexity index is 938. The number of benzene rings is 2. The molecule has 4 N–H and O–H groups in total. The Hall–Kier alpha value is -3.50. The molecule has 0 spiro atoms. The number of amides is 2. The number of nitrogens with one attached hydrogen (secondary N) is 2. The van der Waals surface area contributed by atoms with E-state index in [1.807, 2.05) is 0 Å². The van der Waals surface area contributed by atoms with Gasteiger partial charge in [-0.3, -0.25) is 9.59 Å². The van der Waals surface area contributed by atoms with Gasteiger partial charge in [-0.1, -0.05) is 0 Å². The first-order valence-electron chi connectivity index (χ1n) is 10.1. The molecule has 0 atom stereocenters. The van der Waals surface area contributed by atoms with Crippen LogP contribution in [0.4, 0.5) is 0 Å². The molecular weight excluding hydrogens is 420 g/mol. The highest BCUT2D eigenvalue weighted by Crippen LogP contribution is 2.30. The molecule has 0 bridgehead atoms. The van der Waals surface area contributed by atoms with Crippen molar-refractivity contribution >= 4 is 34.5 Å². The molecule has 2 rings (SSSR count). The molecule has 172 valence electrons. The van der Waals surface area contributed by atoms with E-state index < -0.39 is 23.8 Å².